The van der Waals surface area contributed by atoms with Gasteiger partial charge in [-0.25, -0.2) is 0 Å². The van der Waals surface area contributed by atoms with Gasteiger partial charge in [0.25, 0.3) is 5.69 Å². The summed E-state index contributed by atoms with van der Waals surface area (Å²) >= 11 is 0. The molecule has 0 spiro atoms. The Bertz CT molecular complexity index is 1090. The van der Waals surface area contributed by atoms with Crippen molar-refractivity contribution >= 4 is 17.0 Å². The van der Waals surface area contributed by atoms with Gasteiger partial charge in [-0.3, -0.25) is 14.9 Å². The first kappa shape index (κ1) is 19.0. The Morgan fingerprint density at radius 1 is 1.07 bits per heavy atom. The molecule has 154 valence electrons. The molecule has 2 aromatic rings. The maximum absolute atomic E-state index is 13.4. The van der Waals surface area contributed by atoms with Gasteiger partial charge in [0.15, 0.2) is 5.78 Å². The number of carbonyl (C=O) groups is 1. The highest BCUT2D eigenvalue weighted by molar-refractivity contribution is 6.26. The molecule has 30 heavy (non-hydrogen) atoms. The molecule has 2 aliphatic heterocycles. The van der Waals surface area contributed by atoms with Gasteiger partial charge in [0.1, 0.15) is 5.76 Å². The molecule has 0 saturated carbocycles. The number of benzene rings is 2. The van der Waals surface area contributed by atoms with Crippen LogP contribution in [0.4, 0.5) is 5.69 Å². The molecule has 2 saturated heterocycles. The summed E-state index contributed by atoms with van der Waals surface area (Å²) in [6.45, 7) is 5.97. The molecule has 3 aliphatic rings. The largest absolute Gasteiger partial charge is 0.511 e. The van der Waals surface area contributed by atoms with Crippen molar-refractivity contribution in [1.29, 1.82) is 0 Å². The number of aliphatic hydroxyl groups is 1. The van der Waals surface area contributed by atoms with Crippen LogP contribution >= 0.6 is 0 Å². The van der Waals surface area contributed by atoms with Gasteiger partial charge in [0.2, 0.25) is 0 Å². The lowest BCUT2D eigenvalue weighted by Gasteiger charge is -2.27. The van der Waals surface area contributed by atoms with Gasteiger partial charge >= 0.3 is 0 Å². The number of nitro groups is 1. The average molecular weight is 405 g/mol. The molecule has 1 aliphatic carbocycles. The van der Waals surface area contributed by atoms with Crippen LogP contribution < -0.4 is 0 Å². The Morgan fingerprint density at radius 3 is 2.30 bits per heavy atom. The van der Waals surface area contributed by atoms with E-state index in [-0.39, 0.29) is 47.2 Å². The minimum Gasteiger partial charge on any atom is -0.511 e. The number of hydrogen-bond acceptors (Lipinski definition) is 5. The Kier molecular flexibility index (Phi) is 4.12. The zero-order valence-electron chi connectivity index (χ0n) is 17.1. The van der Waals surface area contributed by atoms with Gasteiger partial charge in [0, 0.05) is 18.1 Å². The van der Waals surface area contributed by atoms with E-state index in [4.69, 9.17) is 4.74 Å². The third kappa shape index (κ3) is 2.56. The topological polar surface area (TPSA) is 89.7 Å². The number of aliphatic hydroxyl groups excluding tert-OH is 1. The summed E-state index contributed by atoms with van der Waals surface area (Å²) in [4.78, 5) is 23.9. The molecule has 1 N–H and O–H groups in total. The Hall–Kier alpha value is -2.99. The number of nitro benzene ring substituents is 1. The quantitative estimate of drug-likeness (QED) is 0.597. The predicted molar refractivity (Wildman–Crippen MR) is 111 cm³/mol. The van der Waals surface area contributed by atoms with Crippen LogP contribution in [0.15, 0.2) is 42.2 Å². The van der Waals surface area contributed by atoms with Crippen molar-refractivity contribution in [3.63, 3.8) is 0 Å². The number of carbonyl (C=O) groups excluding carboxylic acids is 1. The van der Waals surface area contributed by atoms with Crippen molar-refractivity contribution in [1.82, 2.24) is 0 Å². The lowest BCUT2D eigenvalue weighted by molar-refractivity contribution is -0.384. The molecule has 6 heteroatoms. The van der Waals surface area contributed by atoms with E-state index in [1.165, 1.54) is 12.1 Å². The molecule has 2 fully saturated rings. The van der Waals surface area contributed by atoms with Crippen molar-refractivity contribution in [3.8, 4) is 0 Å². The van der Waals surface area contributed by atoms with Gasteiger partial charge in [-0.1, -0.05) is 29.8 Å². The SMILES string of the molecule is Cc1cc(C)c(C2=C(O)C3[C@@H](C2=O)[C@@H]2C[C@@H](c4ccc([N+](=O)[O-])cc4)[C@H]3O2)c(C)c1. The fourth-order valence-corrected chi connectivity index (χ4v) is 5.85. The van der Waals surface area contributed by atoms with Crippen LogP contribution in [0.25, 0.3) is 5.57 Å². The number of ketones is 1. The molecule has 0 radical (unpaired) electrons. The van der Waals surface area contributed by atoms with Crippen molar-refractivity contribution in [2.24, 2.45) is 11.8 Å². The fraction of sp³-hybridized carbons (Fsp3) is 0.375. The highest BCUT2D eigenvalue weighted by Crippen LogP contribution is 2.58. The van der Waals surface area contributed by atoms with E-state index in [0.717, 1.165) is 27.8 Å². The molecule has 6 nitrogen and oxygen atoms in total. The standard InChI is InChI=1S/C24H23NO5/c1-11-8-12(2)18(13(3)9-11)20-22(26)19-17-10-16(24(30-17)21(19)23(20)27)14-4-6-15(7-5-14)25(28)29/h4-9,16-17,19,21,24,27H,10H2,1-3H3/t16-,17-,19-,21?,24+/m0/s1. The summed E-state index contributed by atoms with van der Waals surface area (Å²) < 4.78 is 6.14. The Morgan fingerprint density at radius 2 is 1.70 bits per heavy atom. The molecule has 5 atom stereocenters. The molecule has 2 aromatic carbocycles. The van der Waals surface area contributed by atoms with E-state index in [0.29, 0.717) is 12.0 Å². The maximum Gasteiger partial charge on any atom is 0.269 e. The minimum absolute atomic E-state index is 0.00608. The number of nitrogens with zero attached hydrogens (tertiary/aromatic N) is 1. The monoisotopic (exact) mass is 405 g/mol. The number of fused-ring (bicyclic) bond motifs is 5. The first-order valence-corrected chi connectivity index (χ1v) is 10.2. The molecule has 2 heterocycles. The van der Waals surface area contributed by atoms with Gasteiger partial charge in [-0.05, 0) is 49.4 Å². The molecular formula is C24H23NO5. The maximum atomic E-state index is 13.4. The van der Waals surface area contributed by atoms with E-state index < -0.39 is 4.92 Å². The van der Waals surface area contributed by atoms with Crippen molar-refractivity contribution in [2.75, 3.05) is 0 Å². The van der Waals surface area contributed by atoms with Gasteiger partial charge in [0.05, 0.1) is 34.5 Å². The molecule has 2 bridgehead atoms. The van der Waals surface area contributed by atoms with Crippen LogP contribution in [0.1, 0.15) is 40.2 Å². The average Bonchev–Trinajstić information content (AvgIpc) is 3.34. The van der Waals surface area contributed by atoms with E-state index >= 15 is 0 Å². The zero-order chi connectivity index (χ0) is 21.3. The second-order valence-electron chi connectivity index (χ2n) is 8.78. The highest BCUT2D eigenvalue weighted by atomic mass is 16.6. The minimum atomic E-state index is -0.417. The van der Waals surface area contributed by atoms with Crippen LogP contribution in [0.2, 0.25) is 0 Å². The number of allylic oxidation sites excluding steroid dienone is 1. The summed E-state index contributed by atoms with van der Waals surface area (Å²) in [6, 6.07) is 10.6. The number of Topliss-reactive ketones (excluding diaryl/α,β-unsaturated/α-hetero) is 1. The number of ether oxygens (including phenoxy) is 1. The summed E-state index contributed by atoms with van der Waals surface area (Å²) in [7, 11) is 0. The van der Waals surface area contributed by atoms with E-state index in [1.807, 2.05) is 32.9 Å². The van der Waals surface area contributed by atoms with E-state index in [1.54, 1.807) is 12.1 Å². The molecular weight excluding hydrogens is 382 g/mol. The molecule has 0 amide bonds. The van der Waals surface area contributed by atoms with Crippen molar-refractivity contribution in [2.45, 2.75) is 45.3 Å². The number of hydrogen-bond donors (Lipinski definition) is 1. The van der Waals surface area contributed by atoms with Crippen LogP contribution in [0.5, 0.6) is 0 Å². The summed E-state index contributed by atoms with van der Waals surface area (Å²) in [6.07, 6.45) is 0.148. The lowest BCUT2D eigenvalue weighted by atomic mass is 9.72. The first-order chi connectivity index (χ1) is 14.3. The second kappa shape index (κ2) is 6.51. The Balaban J connectivity index is 1.53. The van der Waals surface area contributed by atoms with Crippen LogP contribution in [-0.2, 0) is 9.53 Å². The molecule has 5 rings (SSSR count). The van der Waals surface area contributed by atoms with Crippen LogP contribution in [0, 0.1) is 42.7 Å². The van der Waals surface area contributed by atoms with Crippen LogP contribution in [0.3, 0.4) is 0 Å². The van der Waals surface area contributed by atoms with E-state index in [2.05, 4.69) is 0 Å². The van der Waals surface area contributed by atoms with Crippen molar-refractivity contribution in [3.05, 3.63) is 80.1 Å². The normalized spacial score (nSPS) is 29.6. The Labute approximate surface area is 174 Å². The van der Waals surface area contributed by atoms with Gasteiger partial charge in [-0.15, -0.1) is 0 Å². The zero-order valence-corrected chi connectivity index (χ0v) is 17.1. The van der Waals surface area contributed by atoms with Crippen LogP contribution in [-0.4, -0.2) is 28.0 Å². The number of non-ortho nitro benzene ring substituents is 1. The van der Waals surface area contributed by atoms with Crippen molar-refractivity contribution < 1.29 is 19.6 Å². The van der Waals surface area contributed by atoms with Gasteiger partial charge < -0.3 is 9.84 Å². The molecule has 1 unspecified atom stereocenters. The van der Waals surface area contributed by atoms with Gasteiger partial charge in [-0.2, -0.15) is 0 Å². The third-order valence-corrected chi connectivity index (χ3v) is 6.94. The fourth-order valence-electron chi connectivity index (χ4n) is 5.85. The van der Waals surface area contributed by atoms with E-state index in [9.17, 15) is 20.0 Å². The second-order valence-corrected chi connectivity index (χ2v) is 8.78. The smallest absolute Gasteiger partial charge is 0.269 e. The summed E-state index contributed by atoms with van der Waals surface area (Å²) in [5.74, 6) is -0.584. The number of rotatable bonds is 3. The third-order valence-electron chi connectivity index (χ3n) is 6.94. The summed E-state index contributed by atoms with van der Waals surface area (Å²) in [5.41, 5.74) is 5.38. The number of aryl methyl sites for hydroxylation is 3. The molecule has 0 aromatic heterocycles. The highest BCUT2D eigenvalue weighted by Gasteiger charge is 2.62. The predicted octanol–water partition coefficient (Wildman–Crippen LogP) is 4.56. The lowest BCUT2D eigenvalue weighted by Crippen LogP contribution is -2.33. The summed E-state index contributed by atoms with van der Waals surface area (Å²) in [5, 5.41) is 22.1. The first-order valence-electron chi connectivity index (χ1n) is 10.2.